The van der Waals surface area contributed by atoms with E-state index in [0.29, 0.717) is 5.56 Å². The van der Waals surface area contributed by atoms with Crippen LogP contribution in [0.4, 0.5) is 0 Å². The van der Waals surface area contributed by atoms with Crippen molar-refractivity contribution in [3.63, 3.8) is 0 Å². The SMILES string of the molecule is Cc1ccccc1-c1ccc2c(c1)c1ccccc1n2-c1ccc(C#N)cc1-c1ccncc1-n1c2ccccc2c2cc(-c3ccccc3C)ccc21. The first kappa shape index (κ1) is 31.5. The smallest absolute Gasteiger partial charge is 0.0991 e. The first-order valence-electron chi connectivity index (χ1n) is 18.3. The lowest BCUT2D eigenvalue weighted by molar-refractivity contribution is 1.13. The highest BCUT2D eigenvalue weighted by atomic mass is 15.0. The van der Waals surface area contributed by atoms with Crippen LogP contribution in [-0.2, 0) is 0 Å². The number of benzene rings is 7. The van der Waals surface area contributed by atoms with E-state index in [4.69, 9.17) is 4.98 Å². The molecule has 7 aromatic carbocycles. The Balaban J connectivity index is 1.23. The third-order valence-corrected chi connectivity index (χ3v) is 11.0. The van der Waals surface area contributed by atoms with E-state index in [2.05, 4.69) is 175 Å². The van der Waals surface area contributed by atoms with Crippen LogP contribution in [0, 0.1) is 25.2 Å². The lowest BCUT2D eigenvalue weighted by Gasteiger charge is -2.18. The fourth-order valence-corrected chi connectivity index (χ4v) is 8.40. The van der Waals surface area contributed by atoms with E-state index >= 15 is 0 Å². The summed E-state index contributed by atoms with van der Waals surface area (Å²) >= 11 is 0. The molecule has 0 spiro atoms. The molecule has 0 aliphatic heterocycles. The highest BCUT2D eigenvalue weighted by Crippen LogP contribution is 2.42. The molecule has 0 radical (unpaired) electrons. The van der Waals surface area contributed by atoms with Crippen molar-refractivity contribution in [3.05, 3.63) is 187 Å². The van der Waals surface area contributed by atoms with Gasteiger partial charge in [0.15, 0.2) is 0 Å². The summed E-state index contributed by atoms with van der Waals surface area (Å²) in [7, 11) is 0. The van der Waals surface area contributed by atoms with Gasteiger partial charge in [0, 0.05) is 38.9 Å². The first-order chi connectivity index (χ1) is 26.6. The van der Waals surface area contributed by atoms with Gasteiger partial charge in [0.2, 0.25) is 0 Å². The topological polar surface area (TPSA) is 46.5 Å². The molecule has 0 N–H and O–H groups in total. The molecule has 0 aliphatic rings. The summed E-state index contributed by atoms with van der Waals surface area (Å²) in [4.78, 5) is 4.70. The second-order valence-electron chi connectivity index (χ2n) is 14.0. The summed E-state index contributed by atoms with van der Waals surface area (Å²) in [6.07, 6.45) is 3.81. The maximum absolute atomic E-state index is 10.2. The molecule has 0 saturated heterocycles. The zero-order valence-electron chi connectivity index (χ0n) is 30.0. The first-order valence-corrected chi connectivity index (χ1v) is 18.3. The maximum Gasteiger partial charge on any atom is 0.0991 e. The number of hydrogen-bond acceptors (Lipinski definition) is 2. The summed E-state index contributed by atoms with van der Waals surface area (Å²) < 4.78 is 4.69. The van der Waals surface area contributed by atoms with Crippen LogP contribution in [0.1, 0.15) is 16.7 Å². The van der Waals surface area contributed by atoms with Gasteiger partial charge in [-0.15, -0.1) is 0 Å². The largest absolute Gasteiger partial charge is 0.309 e. The Labute approximate surface area is 313 Å². The molecule has 254 valence electrons. The van der Waals surface area contributed by atoms with Gasteiger partial charge in [0.05, 0.1) is 51.3 Å². The molecule has 4 heteroatoms. The van der Waals surface area contributed by atoms with Crippen molar-refractivity contribution in [1.29, 1.82) is 5.26 Å². The summed E-state index contributed by atoms with van der Waals surface area (Å²) in [6.45, 7) is 4.33. The van der Waals surface area contributed by atoms with Crippen molar-refractivity contribution in [2.45, 2.75) is 13.8 Å². The average Bonchev–Trinajstić information content (AvgIpc) is 3.73. The number of fused-ring (bicyclic) bond motifs is 6. The Morgan fingerprint density at radius 3 is 1.54 bits per heavy atom. The summed E-state index contributed by atoms with van der Waals surface area (Å²) in [5.41, 5.74) is 16.2. The standard InChI is InChI=1S/C50H34N4/c1-32-11-3-5-13-37(32)35-20-23-48-43(28-35)39-15-7-9-17-45(39)53(48)47-22-19-34(30-51)27-42(47)41-25-26-52-31-50(41)54-46-18-10-8-16-40(46)44-29-36(21-24-49(44)54)38-14-6-4-12-33(38)2/h3-29,31H,1-2H3. The molecule has 3 heterocycles. The Kier molecular flexibility index (Phi) is 7.28. The van der Waals surface area contributed by atoms with Crippen LogP contribution in [0.3, 0.4) is 0 Å². The van der Waals surface area contributed by atoms with Gasteiger partial charge in [-0.2, -0.15) is 5.26 Å². The van der Waals surface area contributed by atoms with Gasteiger partial charge < -0.3 is 9.13 Å². The van der Waals surface area contributed by atoms with Crippen LogP contribution >= 0.6 is 0 Å². The van der Waals surface area contributed by atoms with Crippen LogP contribution in [-0.4, -0.2) is 14.1 Å². The molecule has 10 rings (SSSR count). The number of rotatable bonds is 5. The molecule has 0 unspecified atom stereocenters. The van der Waals surface area contributed by atoms with E-state index in [1.807, 2.05) is 24.5 Å². The Morgan fingerprint density at radius 1 is 0.444 bits per heavy atom. The van der Waals surface area contributed by atoms with Crippen LogP contribution in [0.2, 0.25) is 0 Å². The Hall–Kier alpha value is -7.22. The predicted molar refractivity (Wildman–Crippen MR) is 223 cm³/mol. The number of nitrogens with zero attached hydrogens (tertiary/aromatic N) is 4. The van der Waals surface area contributed by atoms with E-state index in [1.165, 1.54) is 54.9 Å². The van der Waals surface area contributed by atoms with Gasteiger partial charge in [-0.25, -0.2) is 0 Å². The highest BCUT2D eigenvalue weighted by molar-refractivity contribution is 6.12. The van der Waals surface area contributed by atoms with Gasteiger partial charge in [0.25, 0.3) is 0 Å². The molecule has 54 heavy (non-hydrogen) atoms. The zero-order chi connectivity index (χ0) is 36.3. The Morgan fingerprint density at radius 2 is 0.963 bits per heavy atom. The monoisotopic (exact) mass is 690 g/mol. The zero-order valence-corrected chi connectivity index (χ0v) is 30.0. The summed E-state index contributed by atoms with van der Waals surface area (Å²) in [6, 6.07) is 58.4. The molecule has 4 nitrogen and oxygen atoms in total. The van der Waals surface area contributed by atoms with Gasteiger partial charge in [-0.3, -0.25) is 4.98 Å². The minimum absolute atomic E-state index is 0.601. The van der Waals surface area contributed by atoms with E-state index in [9.17, 15) is 5.26 Å². The van der Waals surface area contributed by atoms with Gasteiger partial charge >= 0.3 is 0 Å². The van der Waals surface area contributed by atoms with E-state index in [0.717, 1.165) is 44.6 Å². The molecule has 0 aliphatic carbocycles. The number of para-hydroxylation sites is 2. The molecule has 0 fully saturated rings. The van der Waals surface area contributed by atoms with E-state index in [1.54, 1.807) is 0 Å². The minimum atomic E-state index is 0.601. The molecular weight excluding hydrogens is 657 g/mol. The fraction of sp³-hybridized carbons (Fsp3) is 0.0400. The normalized spacial score (nSPS) is 11.5. The number of pyridine rings is 1. The molecular formula is C50H34N4. The lowest BCUT2D eigenvalue weighted by Crippen LogP contribution is -2.02. The third kappa shape index (κ3) is 4.87. The quantitative estimate of drug-likeness (QED) is 0.180. The molecule has 10 aromatic rings. The number of hydrogen-bond donors (Lipinski definition) is 0. The van der Waals surface area contributed by atoms with Crippen molar-refractivity contribution < 1.29 is 0 Å². The number of aryl methyl sites for hydroxylation is 2. The summed E-state index contributed by atoms with van der Waals surface area (Å²) in [5, 5.41) is 15.0. The highest BCUT2D eigenvalue weighted by Gasteiger charge is 2.21. The summed E-state index contributed by atoms with van der Waals surface area (Å²) in [5.74, 6) is 0. The van der Waals surface area contributed by atoms with Crippen molar-refractivity contribution in [2.24, 2.45) is 0 Å². The average molecular weight is 691 g/mol. The second-order valence-corrected chi connectivity index (χ2v) is 14.0. The van der Waals surface area contributed by atoms with Crippen molar-refractivity contribution in [2.75, 3.05) is 0 Å². The van der Waals surface area contributed by atoms with E-state index in [-0.39, 0.29) is 0 Å². The third-order valence-electron chi connectivity index (χ3n) is 11.0. The number of aromatic nitrogens is 3. The van der Waals surface area contributed by atoms with Gasteiger partial charge in [0.1, 0.15) is 0 Å². The van der Waals surface area contributed by atoms with Crippen LogP contribution in [0.5, 0.6) is 0 Å². The second kappa shape index (κ2) is 12.5. The van der Waals surface area contributed by atoms with Crippen LogP contribution in [0.25, 0.3) is 88.4 Å². The molecule has 0 saturated carbocycles. The van der Waals surface area contributed by atoms with Crippen molar-refractivity contribution in [1.82, 2.24) is 14.1 Å². The lowest BCUT2D eigenvalue weighted by atomic mass is 9.98. The van der Waals surface area contributed by atoms with Crippen molar-refractivity contribution >= 4 is 43.6 Å². The molecule has 0 bridgehead atoms. The maximum atomic E-state index is 10.2. The van der Waals surface area contributed by atoms with Gasteiger partial charge in [-0.05, 0) is 108 Å². The predicted octanol–water partition coefficient (Wildman–Crippen LogP) is 12.8. The minimum Gasteiger partial charge on any atom is -0.309 e. The molecule has 0 amide bonds. The Bertz CT molecular complexity index is 3150. The molecule has 0 atom stereocenters. The van der Waals surface area contributed by atoms with Crippen LogP contribution in [0.15, 0.2) is 170 Å². The fourth-order valence-electron chi connectivity index (χ4n) is 8.40. The molecule has 3 aromatic heterocycles. The van der Waals surface area contributed by atoms with Crippen molar-refractivity contribution in [3.8, 4) is 50.8 Å². The number of nitriles is 1. The van der Waals surface area contributed by atoms with Crippen LogP contribution < -0.4 is 0 Å². The van der Waals surface area contributed by atoms with E-state index < -0.39 is 0 Å². The van der Waals surface area contributed by atoms with Gasteiger partial charge in [-0.1, -0.05) is 97.1 Å².